The van der Waals surface area contributed by atoms with Gasteiger partial charge in [0.15, 0.2) is 5.82 Å². The second-order valence-corrected chi connectivity index (χ2v) is 9.39. The highest BCUT2D eigenvalue weighted by atomic mass is 35.5. The molecule has 2 heterocycles. The number of nitrogens with one attached hydrogen (secondary N) is 1. The number of hydrogen-bond donors (Lipinski definition) is 3. The number of fused-ring (bicyclic) bond motifs is 1. The van der Waals surface area contributed by atoms with Gasteiger partial charge in [-0.3, -0.25) is 9.78 Å². The fourth-order valence-corrected chi connectivity index (χ4v) is 4.03. The van der Waals surface area contributed by atoms with Gasteiger partial charge in [-0.1, -0.05) is 23.7 Å². The summed E-state index contributed by atoms with van der Waals surface area (Å²) in [5, 5.41) is 14.1. The van der Waals surface area contributed by atoms with E-state index in [0.717, 1.165) is 0 Å². The van der Waals surface area contributed by atoms with E-state index in [1.165, 1.54) is 30.6 Å². The number of primary amides is 1. The van der Waals surface area contributed by atoms with Crippen LogP contribution >= 0.6 is 11.6 Å². The molecule has 0 spiro atoms. The maximum absolute atomic E-state index is 15.1. The summed E-state index contributed by atoms with van der Waals surface area (Å²) in [4.78, 5) is 24.0. The van der Waals surface area contributed by atoms with Gasteiger partial charge in [0.25, 0.3) is 0 Å². The van der Waals surface area contributed by atoms with E-state index < -0.39 is 23.1 Å². The first-order valence-electron chi connectivity index (χ1n) is 11.1. The summed E-state index contributed by atoms with van der Waals surface area (Å²) in [6.45, 7) is 4.85. The van der Waals surface area contributed by atoms with Crippen LogP contribution in [-0.4, -0.2) is 26.0 Å². The van der Waals surface area contributed by atoms with Gasteiger partial charge in [-0.2, -0.15) is 0 Å². The number of nitrogens with two attached hydrogens (primary N) is 1. The minimum absolute atomic E-state index is 0.0116. The lowest BCUT2D eigenvalue weighted by Crippen LogP contribution is -2.19. The number of rotatable bonds is 7. The van der Waals surface area contributed by atoms with E-state index in [0.29, 0.717) is 44.0 Å². The van der Waals surface area contributed by atoms with Crippen LogP contribution in [0.5, 0.6) is 0 Å². The predicted molar refractivity (Wildman–Crippen MR) is 134 cm³/mol. The number of pyridine rings is 1. The lowest BCUT2D eigenvalue weighted by molar-refractivity contribution is -0.117. The number of aliphatic hydroxyl groups is 1. The van der Waals surface area contributed by atoms with Crippen LogP contribution < -0.4 is 11.1 Å². The number of aryl methyl sites for hydroxylation is 1. The van der Waals surface area contributed by atoms with Gasteiger partial charge in [0, 0.05) is 47.1 Å². The molecule has 4 N–H and O–H groups in total. The molecule has 0 aliphatic carbocycles. The second kappa shape index (κ2) is 9.75. The molecule has 0 aliphatic heterocycles. The molecule has 0 saturated heterocycles. The topological polar surface area (TPSA) is 114 Å². The summed E-state index contributed by atoms with van der Waals surface area (Å²) in [5.74, 6) is -1.31. The SMILES string of the molecule is Cc1nc2cc(F)c(-c3cnc(C(C)(C)O)nc3)cc2c(NCc2cc(CC(N)=O)ccc2F)c1Cl. The summed E-state index contributed by atoms with van der Waals surface area (Å²) in [7, 11) is 0. The molecular weight excluding hydrogens is 488 g/mol. The molecule has 1 amide bonds. The van der Waals surface area contributed by atoms with Gasteiger partial charge in [-0.25, -0.2) is 18.7 Å². The van der Waals surface area contributed by atoms with E-state index in [9.17, 15) is 14.3 Å². The van der Waals surface area contributed by atoms with Gasteiger partial charge in [0.1, 0.15) is 17.2 Å². The molecule has 4 rings (SSSR count). The van der Waals surface area contributed by atoms with Gasteiger partial charge in [-0.05, 0) is 38.5 Å². The van der Waals surface area contributed by atoms with Crippen molar-refractivity contribution in [2.75, 3.05) is 5.32 Å². The average Bonchev–Trinajstić information content (AvgIpc) is 2.80. The van der Waals surface area contributed by atoms with Crippen LogP contribution in [0.2, 0.25) is 5.02 Å². The van der Waals surface area contributed by atoms with Crippen LogP contribution in [0.3, 0.4) is 0 Å². The van der Waals surface area contributed by atoms with Crippen LogP contribution in [0.15, 0.2) is 42.7 Å². The Morgan fingerprint density at radius 3 is 2.47 bits per heavy atom. The van der Waals surface area contributed by atoms with E-state index >= 15 is 4.39 Å². The van der Waals surface area contributed by atoms with E-state index in [-0.39, 0.29) is 24.4 Å². The third-order valence-electron chi connectivity index (χ3n) is 5.63. The van der Waals surface area contributed by atoms with Crippen LogP contribution in [0.1, 0.15) is 36.5 Å². The molecule has 0 bridgehead atoms. The first-order valence-corrected chi connectivity index (χ1v) is 11.5. The van der Waals surface area contributed by atoms with Crippen molar-refractivity contribution in [3.63, 3.8) is 0 Å². The van der Waals surface area contributed by atoms with Crippen LogP contribution in [0.25, 0.3) is 22.0 Å². The third kappa shape index (κ3) is 5.27. The highest BCUT2D eigenvalue weighted by Gasteiger charge is 2.21. The Morgan fingerprint density at radius 1 is 1.14 bits per heavy atom. The highest BCUT2D eigenvalue weighted by molar-refractivity contribution is 6.35. The van der Waals surface area contributed by atoms with Crippen LogP contribution in [0.4, 0.5) is 14.5 Å². The Morgan fingerprint density at radius 2 is 1.83 bits per heavy atom. The van der Waals surface area contributed by atoms with Crippen molar-refractivity contribution in [3.8, 4) is 11.1 Å². The number of hydrogen-bond acceptors (Lipinski definition) is 6. The minimum atomic E-state index is -1.24. The summed E-state index contributed by atoms with van der Waals surface area (Å²) < 4.78 is 29.5. The molecule has 0 atom stereocenters. The Bertz CT molecular complexity index is 1470. The number of anilines is 1. The largest absolute Gasteiger partial charge is 0.382 e. The van der Waals surface area contributed by atoms with E-state index in [1.54, 1.807) is 32.9 Å². The van der Waals surface area contributed by atoms with E-state index in [1.807, 2.05) is 0 Å². The molecule has 4 aromatic rings. The fourth-order valence-electron chi connectivity index (χ4n) is 3.82. The van der Waals surface area contributed by atoms with Crippen molar-refractivity contribution in [2.45, 2.75) is 39.3 Å². The molecule has 2 aromatic carbocycles. The maximum Gasteiger partial charge on any atom is 0.221 e. The predicted octanol–water partition coefficient (Wildman–Crippen LogP) is 4.80. The van der Waals surface area contributed by atoms with Crippen molar-refractivity contribution in [2.24, 2.45) is 5.73 Å². The number of nitrogens with zero attached hydrogens (tertiary/aromatic N) is 3. The van der Waals surface area contributed by atoms with Crippen LogP contribution in [-0.2, 0) is 23.4 Å². The molecule has 36 heavy (non-hydrogen) atoms. The molecule has 7 nitrogen and oxygen atoms in total. The Hall–Kier alpha value is -3.69. The molecule has 0 saturated carbocycles. The van der Waals surface area contributed by atoms with Crippen molar-refractivity contribution >= 4 is 34.1 Å². The first-order chi connectivity index (χ1) is 16.9. The smallest absolute Gasteiger partial charge is 0.221 e. The van der Waals surface area contributed by atoms with E-state index in [2.05, 4.69) is 20.3 Å². The number of carbonyl (C=O) groups is 1. The highest BCUT2D eigenvalue weighted by Crippen LogP contribution is 2.36. The van der Waals surface area contributed by atoms with Crippen molar-refractivity contribution in [1.29, 1.82) is 0 Å². The quantitative estimate of drug-likeness (QED) is 0.328. The molecule has 0 radical (unpaired) electrons. The van der Waals surface area contributed by atoms with Gasteiger partial charge >= 0.3 is 0 Å². The Balaban J connectivity index is 1.75. The molecule has 0 aliphatic rings. The Labute approximate surface area is 211 Å². The van der Waals surface area contributed by atoms with E-state index in [4.69, 9.17) is 17.3 Å². The van der Waals surface area contributed by atoms with Crippen molar-refractivity contribution in [3.05, 3.63) is 82.0 Å². The van der Waals surface area contributed by atoms with Gasteiger partial charge < -0.3 is 16.2 Å². The summed E-state index contributed by atoms with van der Waals surface area (Å²) in [6.07, 6.45) is 2.85. The lowest BCUT2D eigenvalue weighted by Gasteiger charge is -2.17. The van der Waals surface area contributed by atoms with Gasteiger partial charge in [0.2, 0.25) is 5.91 Å². The molecule has 2 aromatic heterocycles. The number of halogens is 3. The standard InChI is InChI=1S/C26H24ClF2N5O2/c1-13-23(27)24(31-10-15-6-14(7-22(30)35)4-5-19(15)28)18-8-17(20(29)9-21(18)34-13)16-11-32-25(33-12-16)26(2,3)36/h4-6,8-9,11-12,36H,7,10H2,1-3H3,(H2,30,35)(H,31,34). The average molecular weight is 512 g/mol. The fraction of sp³-hybridized carbons (Fsp3) is 0.231. The number of aromatic nitrogens is 3. The Kier molecular flexibility index (Phi) is 6.88. The van der Waals surface area contributed by atoms with Gasteiger partial charge in [0.05, 0.1) is 28.3 Å². The number of amides is 1. The first kappa shape index (κ1) is 25.4. The number of carbonyl (C=O) groups excluding carboxylic acids is 1. The molecule has 0 fully saturated rings. The minimum Gasteiger partial charge on any atom is -0.382 e. The van der Waals surface area contributed by atoms with Crippen molar-refractivity contribution in [1.82, 2.24) is 15.0 Å². The summed E-state index contributed by atoms with van der Waals surface area (Å²) >= 11 is 6.56. The van der Waals surface area contributed by atoms with Crippen LogP contribution in [0, 0.1) is 18.6 Å². The molecule has 186 valence electrons. The lowest BCUT2D eigenvalue weighted by atomic mass is 10.0. The monoisotopic (exact) mass is 511 g/mol. The zero-order valence-corrected chi connectivity index (χ0v) is 20.6. The number of benzene rings is 2. The third-order valence-corrected chi connectivity index (χ3v) is 6.10. The van der Waals surface area contributed by atoms with Crippen molar-refractivity contribution < 1.29 is 18.7 Å². The maximum atomic E-state index is 15.1. The second-order valence-electron chi connectivity index (χ2n) is 9.01. The zero-order valence-electron chi connectivity index (χ0n) is 19.9. The summed E-state index contributed by atoms with van der Waals surface area (Å²) in [6, 6.07) is 7.20. The van der Waals surface area contributed by atoms with Gasteiger partial charge in [-0.15, -0.1) is 0 Å². The zero-order chi connectivity index (χ0) is 26.2. The molecule has 10 heteroatoms. The normalized spacial score (nSPS) is 11.6. The molecular formula is C26H24ClF2N5O2. The molecule has 0 unspecified atom stereocenters. The summed E-state index contributed by atoms with van der Waals surface area (Å²) in [5.41, 5.74) is 6.81.